The molecular formula is C15H21N3. The van der Waals surface area contributed by atoms with Gasteiger partial charge in [-0.2, -0.15) is 0 Å². The summed E-state index contributed by atoms with van der Waals surface area (Å²) >= 11 is 0. The van der Waals surface area contributed by atoms with Crippen molar-refractivity contribution in [3.8, 4) is 0 Å². The molecule has 0 bridgehead atoms. The van der Waals surface area contributed by atoms with Gasteiger partial charge in [-0.1, -0.05) is 12.1 Å². The SMILES string of the molecule is Cc1cc2c(NC(C)C)cccc2c(N(C)C)n1. The summed E-state index contributed by atoms with van der Waals surface area (Å²) in [4.78, 5) is 6.68. The predicted molar refractivity (Wildman–Crippen MR) is 79.6 cm³/mol. The van der Waals surface area contributed by atoms with Crippen LogP contribution in [0.3, 0.4) is 0 Å². The van der Waals surface area contributed by atoms with Crippen LogP contribution in [0.5, 0.6) is 0 Å². The standard InChI is InChI=1S/C15H21N3/c1-10(2)16-14-8-6-7-12-13(14)9-11(3)17-15(12)18(4)5/h6-10,16H,1-5H3. The number of pyridine rings is 1. The van der Waals surface area contributed by atoms with Crippen molar-refractivity contribution in [2.75, 3.05) is 24.3 Å². The van der Waals surface area contributed by atoms with Gasteiger partial charge in [0.2, 0.25) is 0 Å². The predicted octanol–water partition coefficient (Wildman–Crippen LogP) is 3.43. The molecule has 96 valence electrons. The van der Waals surface area contributed by atoms with Crippen molar-refractivity contribution in [2.45, 2.75) is 26.8 Å². The Hall–Kier alpha value is -1.77. The number of rotatable bonds is 3. The van der Waals surface area contributed by atoms with E-state index in [9.17, 15) is 0 Å². The van der Waals surface area contributed by atoms with Gasteiger partial charge < -0.3 is 10.2 Å². The van der Waals surface area contributed by atoms with E-state index in [1.54, 1.807) is 0 Å². The summed E-state index contributed by atoms with van der Waals surface area (Å²) in [7, 11) is 4.06. The first kappa shape index (κ1) is 12.7. The van der Waals surface area contributed by atoms with Gasteiger partial charge in [-0.05, 0) is 32.9 Å². The molecule has 1 heterocycles. The molecule has 0 amide bonds. The zero-order valence-corrected chi connectivity index (χ0v) is 11.8. The molecule has 1 aromatic carbocycles. The molecule has 0 saturated heterocycles. The Kier molecular flexibility index (Phi) is 3.41. The second kappa shape index (κ2) is 4.84. The lowest BCUT2D eigenvalue weighted by molar-refractivity contribution is 0.901. The van der Waals surface area contributed by atoms with Gasteiger partial charge in [0.25, 0.3) is 0 Å². The zero-order chi connectivity index (χ0) is 13.3. The number of aryl methyl sites for hydroxylation is 1. The molecule has 0 unspecified atom stereocenters. The molecule has 0 aliphatic carbocycles. The Morgan fingerprint density at radius 3 is 2.50 bits per heavy atom. The third kappa shape index (κ3) is 2.40. The van der Waals surface area contributed by atoms with Crippen molar-refractivity contribution in [1.29, 1.82) is 0 Å². The summed E-state index contributed by atoms with van der Waals surface area (Å²) in [5, 5.41) is 5.92. The Labute approximate surface area is 109 Å². The summed E-state index contributed by atoms with van der Waals surface area (Å²) in [5.41, 5.74) is 2.22. The molecule has 1 aromatic heterocycles. The van der Waals surface area contributed by atoms with Crippen LogP contribution in [0.15, 0.2) is 24.3 Å². The normalized spacial score (nSPS) is 11.0. The molecule has 2 rings (SSSR count). The van der Waals surface area contributed by atoms with E-state index in [2.05, 4.69) is 53.3 Å². The van der Waals surface area contributed by atoms with Gasteiger partial charge in [0.05, 0.1) is 0 Å². The second-order valence-corrected chi connectivity index (χ2v) is 5.18. The molecule has 0 radical (unpaired) electrons. The quantitative estimate of drug-likeness (QED) is 0.895. The number of hydrogen-bond donors (Lipinski definition) is 1. The highest BCUT2D eigenvalue weighted by Crippen LogP contribution is 2.30. The molecule has 3 nitrogen and oxygen atoms in total. The first-order chi connectivity index (χ1) is 8.49. The van der Waals surface area contributed by atoms with E-state index >= 15 is 0 Å². The van der Waals surface area contributed by atoms with E-state index in [-0.39, 0.29) is 0 Å². The lowest BCUT2D eigenvalue weighted by Gasteiger charge is -2.18. The number of fused-ring (bicyclic) bond motifs is 1. The Morgan fingerprint density at radius 1 is 1.17 bits per heavy atom. The van der Waals surface area contributed by atoms with Gasteiger partial charge in [-0.3, -0.25) is 0 Å². The van der Waals surface area contributed by atoms with E-state index in [1.807, 2.05) is 21.0 Å². The minimum atomic E-state index is 0.423. The second-order valence-electron chi connectivity index (χ2n) is 5.18. The van der Waals surface area contributed by atoms with Gasteiger partial charge in [-0.25, -0.2) is 4.98 Å². The van der Waals surface area contributed by atoms with E-state index in [0.717, 1.165) is 11.5 Å². The van der Waals surface area contributed by atoms with Crippen LogP contribution in [0.1, 0.15) is 19.5 Å². The first-order valence-electron chi connectivity index (χ1n) is 6.33. The van der Waals surface area contributed by atoms with Crippen molar-refractivity contribution in [3.63, 3.8) is 0 Å². The van der Waals surface area contributed by atoms with Crippen LogP contribution < -0.4 is 10.2 Å². The van der Waals surface area contributed by atoms with Crippen LogP contribution >= 0.6 is 0 Å². The van der Waals surface area contributed by atoms with Crippen molar-refractivity contribution >= 4 is 22.3 Å². The van der Waals surface area contributed by atoms with Crippen LogP contribution in [0.4, 0.5) is 11.5 Å². The molecule has 1 N–H and O–H groups in total. The van der Waals surface area contributed by atoms with E-state index in [1.165, 1.54) is 16.5 Å². The van der Waals surface area contributed by atoms with E-state index in [0.29, 0.717) is 6.04 Å². The highest BCUT2D eigenvalue weighted by atomic mass is 15.1. The average Bonchev–Trinajstić information content (AvgIpc) is 2.28. The van der Waals surface area contributed by atoms with Crippen LogP contribution in [0, 0.1) is 6.92 Å². The summed E-state index contributed by atoms with van der Waals surface area (Å²) in [6.45, 7) is 6.35. The number of hydrogen-bond acceptors (Lipinski definition) is 3. The highest BCUT2D eigenvalue weighted by Gasteiger charge is 2.09. The van der Waals surface area contributed by atoms with Gasteiger partial charge in [0.1, 0.15) is 5.82 Å². The minimum Gasteiger partial charge on any atom is -0.382 e. The first-order valence-corrected chi connectivity index (χ1v) is 6.33. The van der Waals surface area contributed by atoms with Crippen molar-refractivity contribution < 1.29 is 0 Å². The number of aromatic nitrogens is 1. The topological polar surface area (TPSA) is 28.2 Å². The van der Waals surface area contributed by atoms with Gasteiger partial charge in [0, 0.05) is 42.3 Å². The van der Waals surface area contributed by atoms with Gasteiger partial charge in [0.15, 0.2) is 0 Å². The zero-order valence-electron chi connectivity index (χ0n) is 11.8. The highest BCUT2D eigenvalue weighted by molar-refractivity contribution is 6.00. The minimum absolute atomic E-state index is 0.423. The molecule has 3 heteroatoms. The number of nitrogens with zero attached hydrogens (tertiary/aromatic N) is 2. The lowest BCUT2D eigenvalue weighted by Crippen LogP contribution is -2.13. The number of benzene rings is 1. The third-order valence-corrected chi connectivity index (χ3v) is 2.85. The Morgan fingerprint density at radius 2 is 1.89 bits per heavy atom. The largest absolute Gasteiger partial charge is 0.382 e. The maximum Gasteiger partial charge on any atom is 0.136 e. The maximum absolute atomic E-state index is 4.62. The molecule has 0 spiro atoms. The monoisotopic (exact) mass is 243 g/mol. The van der Waals surface area contributed by atoms with Crippen molar-refractivity contribution in [1.82, 2.24) is 4.98 Å². The molecule has 0 aliphatic heterocycles. The molecular weight excluding hydrogens is 222 g/mol. The lowest BCUT2D eigenvalue weighted by atomic mass is 10.1. The fraction of sp³-hybridized carbons (Fsp3) is 0.400. The Balaban J connectivity index is 2.69. The average molecular weight is 243 g/mol. The number of nitrogens with one attached hydrogen (secondary N) is 1. The smallest absolute Gasteiger partial charge is 0.136 e. The molecule has 18 heavy (non-hydrogen) atoms. The fourth-order valence-corrected chi connectivity index (χ4v) is 2.16. The van der Waals surface area contributed by atoms with Crippen molar-refractivity contribution in [3.05, 3.63) is 30.0 Å². The molecule has 0 aliphatic rings. The van der Waals surface area contributed by atoms with E-state index < -0.39 is 0 Å². The molecule has 0 fully saturated rings. The fourth-order valence-electron chi connectivity index (χ4n) is 2.16. The number of anilines is 2. The van der Waals surface area contributed by atoms with Crippen LogP contribution in [0.25, 0.3) is 10.8 Å². The summed E-state index contributed by atoms with van der Waals surface area (Å²) in [6.07, 6.45) is 0. The molecule has 2 aromatic rings. The van der Waals surface area contributed by atoms with Crippen LogP contribution in [0.2, 0.25) is 0 Å². The maximum atomic E-state index is 4.62. The Bertz CT molecular complexity index is 559. The summed E-state index contributed by atoms with van der Waals surface area (Å²) < 4.78 is 0. The summed E-state index contributed by atoms with van der Waals surface area (Å²) in [6, 6.07) is 8.90. The van der Waals surface area contributed by atoms with Crippen molar-refractivity contribution in [2.24, 2.45) is 0 Å². The van der Waals surface area contributed by atoms with Crippen LogP contribution in [-0.4, -0.2) is 25.1 Å². The van der Waals surface area contributed by atoms with Gasteiger partial charge >= 0.3 is 0 Å². The third-order valence-electron chi connectivity index (χ3n) is 2.85. The summed E-state index contributed by atoms with van der Waals surface area (Å²) in [5.74, 6) is 1.03. The van der Waals surface area contributed by atoms with Crippen LogP contribution in [-0.2, 0) is 0 Å². The molecule has 0 saturated carbocycles. The van der Waals surface area contributed by atoms with Gasteiger partial charge in [-0.15, -0.1) is 0 Å². The van der Waals surface area contributed by atoms with E-state index in [4.69, 9.17) is 0 Å². The molecule has 0 atom stereocenters.